The molecule has 1 fully saturated rings. The van der Waals surface area contributed by atoms with Crippen LogP contribution in [0.4, 0.5) is 5.69 Å². The lowest BCUT2D eigenvalue weighted by Crippen LogP contribution is -2.33. The van der Waals surface area contributed by atoms with Gasteiger partial charge in [-0.3, -0.25) is 5.43 Å². The summed E-state index contributed by atoms with van der Waals surface area (Å²) in [6.07, 6.45) is 5.10. The summed E-state index contributed by atoms with van der Waals surface area (Å²) in [6.45, 7) is 1.54. The maximum atomic E-state index is 6.17. The Morgan fingerprint density at radius 2 is 1.73 bits per heavy atom. The van der Waals surface area contributed by atoms with Crippen molar-refractivity contribution >= 4 is 5.69 Å². The second-order valence-electron chi connectivity index (χ2n) is 6.94. The molecule has 5 heteroatoms. The molecule has 0 spiro atoms. The van der Waals surface area contributed by atoms with E-state index in [0.29, 0.717) is 6.10 Å². The molecule has 26 heavy (non-hydrogen) atoms. The van der Waals surface area contributed by atoms with Crippen molar-refractivity contribution in [3.05, 3.63) is 53.6 Å². The standard InChI is InChI=1S/C21H29N3O2/c1-24(15-16-7-10-18(22)11-8-16)23-14-17-9-12-20(25-2)21(13-17)26-19-5-3-4-6-19/h7-13,19,23H,3-6,14-15,22H2,1-2H3. The van der Waals surface area contributed by atoms with Crippen LogP contribution in [0.15, 0.2) is 42.5 Å². The molecule has 0 aromatic heterocycles. The number of nitrogens with zero attached hydrogens (tertiary/aromatic N) is 1. The zero-order valence-electron chi connectivity index (χ0n) is 15.7. The van der Waals surface area contributed by atoms with Gasteiger partial charge in [0.05, 0.1) is 13.2 Å². The third-order valence-corrected chi connectivity index (χ3v) is 4.78. The van der Waals surface area contributed by atoms with Crippen LogP contribution in [-0.4, -0.2) is 25.3 Å². The first kappa shape index (κ1) is 18.5. The van der Waals surface area contributed by atoms with E-state index in [1.165, 1.54) is 24.0 Å². The van der Waals surface area contributed by atoms with Gasteiger partial charge in [0, 0.05) is 25.8 Å². The third-order valence-electron chi connectivity index (χ3n) is 4.78. The number of rotatable bonds is 8. The van der Waals surface area contributed by atoms with Crippen LogP contribution < -0.4 is 20.6 Å². The molecule has 1 aliphatic carbocycles. The van der Waals surface area contributed by atoms with E-state index in [1.54, 1.807) is 7.11 Å². The highest BCUT2D eigenvalue weighted by molar-refractivity contribution is 5.43. The monoisotopic (exact) mass is 355 g/mol. The van der Waals surface area contributed by atoms with Gasteiger partial charge in [0.1, 0.15) is 0 Å². The molecular formula is C21H29N3O2. The second-order valence-corrected chi connectivity index (χ2v) is 6.94. The van der Waals surface area contributed by atoms with Crippen molar-refractivity contribution in [3.63, 3.8) is 0 Å². The van der Waals surface area contributed by atoms with E-state index in [1.807, 2.05) is 25.2 Å². The molecule has 0 unspecified atom stereocenters. The van der Waals surface area contributed by atoms with Crippen LogP contribution in [0.5, 0.6) is 11.5 Å². The van der Waals surface area contributed by atoms with E-state index in [-0.39, 0.29) is 0 Å². The number of methoxy groups -OCH3 is 1. The molecule has 0 atom stereocenters. The van der Waals surface area contributed by atoms with Crippen molar-refractivity contribution in [2.24, 2.45) is 0 Å². The predicted molar refractivity (Wildman–Crippen MR) is 105 cm³/mol. The van der Waals surface area contributed by atoms with E-state index in [9.17, 15) is 0 Å². The molecular weight excluding hydrogens is 326 g/mol. The maximum Gasteiger partial charge on any atom is 0.161 e. The molecule has 0 amide bonds. The number of hydrogen-bond donors (Lipinski definition) is 2. The largest absolute Gasteiger partial charge is 0.493 e. The first-order chi connectivity index (χ1) is 12.6. The zero-order valence-corrected chi connectivity index (χ0v) is 15.7. The Morgan fingerprint density at radius 3 is 2.42 bits per heavy atom. The van der Waals surface area contributed by atoms with Crippen LogP contribution in [-0.2, 0) is 13.1 Å². The van der Waals surface area contributed by atoms with E-state index in [2.05, 4.69) is 34.7 Å². The molecule has 2 aromatic rings. The van der Waals surface area contributed by atoms with Crippen molar-refractivity contribution in [3.8, 4) is 11.5 Å². The van der Waals surface area contributed by atoms with Crippen molar-refractivity contribution in [1.82, 2.24) is 10.4 Å². The number of benzene rings is 2. The smallest absolute Gasteiger partial charge is 0.161 e. The number of nitrogens with one attached hydrogen (secondary N) is 1. The average Bonchev–Trinajstić information content (AvgIpc) is 3.15. The van der Waals surface area contributed by atoms with Crippen molar-refractivity contribution in [2.75, 3.05) is 19.9 Å². The topological polar surface area (TPSA) is 59.8 Å². The Balaban J connectivity index is 1.57. The fourth-order valence-electron chi connectivity index (χ4n) is 3.29. The average molecular weight is 355 g/mol. The summed E-state index contributed by atoms with van der Waals surface area (Å²) in [7, 11) is 3.73. The first-order valence-corrected chi connectivity index (χ1v) is 9.26. The summed E-state index contributed by atoms with van der Waals surface area (Å²) >= 11 is 0. The third kappa shape index (κ3) is 5.13. The van der Waals surface area contributed by atoms with Crippen molar-refractivity contribution in [1.29, 1.82) is 0 Å². The van der Waals surface area contributed by atoms with Crippen molar-refractivity contribution in [2.45, 2.75) is 44.9 Å². The Kier molecular flexibility index (Phi) is 6.36. The highest BCUT2D eigenvalue weighted by Gasteiger charge is 2.18. The van der Waals surface area contributed by atoms with Gasteiger partial charge in [-0.2, -0.15) is 0 Å². The van der Waals surface area contributed by atoms with Gasteiger partial charge in [0.25, 0.3) is 0 Å². The van der Waals surface area contributed by atoms with Gasteiger partial charge in [0.15, 0.2) is 11.5 Å². The minimum absolute atomic E-state index is 0.320. The van der Waals surface area contributed by atoms with Crippen LogP contribution in [0.2, 0.25) is 0 Å². The van der Waals surface area contributed by atoms with Gasteiger partial charge in [-0.25, -0.2) is 5.01 Å². The number of ether oxygens (including phenoxy) is 2. The highest BCUT2D eigenvalue weighted by atomic mass is 16.5. The summed E-state index contributed by atoms with van der Waals surface area (Å²) in [4.78, 5) is 0. The fourth-order valence-corrected chi connectivity index (χ4v) is 3.29. The minimum atomic E-state index is 0.320. The molecule has 0 heterocycles. The molecule has 0 radical (unpaired) electrons. The van der Waals surface area contributed by atoms with Gasteiger partial charge < -0.3 is 15.2 Å². The molecule has 3 rings (SSSR count). The van der Waals surface area contributed by atoms with Gasteiger partial charge >= 0.3 is 0 Å². The molecule has 0 aliphatic heterocycles. The fraction of sp³-hybridized carbons (Fsp3) is 0.429. The van der Waals surface area contributed by atoms with Crippen LogP contribution >= 0.6 is 0 Å². The number of nitrogens with two attached hydrogens (primary N) is 1. The SMILES string of the molecule is COc1ccc(CNN(C)Cc2ccc(N)cc2)cc1OC1CCCC1. The van der Waals surface area contributed by atoms with E-state index in [0.717, 1.165) is 43.1 Å². The van der Waals surface area contributed by atoms with Gasteiger partial charge in [-0.1, -0.05) is 18.2 Å². The predicted octanol–water partition coefficient (Wildman–Crippen LogP) is 3.74. The first-order valence-electron chi connectivity index (χ1n) is 9.26. The minimum Gasteiger partial charge on any atom is -0.493 e. The molecule has 5 nitrogen and oxygen atoms in total. The number of hydrogen-bond acceptors (Lipinski definition) is 5. The van der Waals surface area contributed by atoms with Crippen LogP contribution in [0, 0.1) is 0 Å². The summed E-state index contributed by atoms with van der Waals surface area (Å²) in [5.41, 5.74) is 12.3. The number of nitrogen functional groups attached to an aromatic ring is 1. The van der Waals surface area contributed by atoms with Gasteiger partial charge in [-0.15, -0.1) is 0 Å². The van der Waals surface area contributed by atoms with E-state index < -0.39 is 0 Å². The summed E-state index contributed by atoms with van der Waals surface area (Å²) in [6, 6.07) is 14.1. The zero-order chi connectivity index (χ0) is 18.4. The molecule has 0 saturated heterocycles. The van der Waals surface area contributed by atoms with Crippen molar-refractivity contribution < 1.29 is 9.47 Å². The summed E-state index contributed by atoms with van der Waals surface area (Å²) < 4.78 is 11.6. The molecule has 3 N–H and O–H groups in total. The van der Waals surface area contributed by atoms with Crippen LogP contribution in [0.3, 0.4) is 0 Å². The number of anilines is 1. The molecule has 1 aliphatic rings. The van der Waals surface area contributed by atoms with Gasteiger partial charge in [-0.05, 0) is 61.1 Å². The lowest BCUT2D eigenvalue weighted by atomic mass is 10.2. The molecule has 140 valence electrons. The highest BCUT2D eigenvalue weighted by Crippen LogP contribution is 2.32. The second kappa shape index (κ2) is 8.92. The van der Waals surface area contributed by atoms with Crippen LogP contribution in [0.25, 0.3) is 0 Å². The Labute approximate surface area is 156 Å². The maximum absolute atomic E-state index is 6.17. The quantitative estimate of drug-likeness (QED) is 0.558. The Morgan fingerprint density at radius 1 is 1.04 bits per heavy atom. The Bertz CT molecular complexity index is 697. The van der Waals surface area contributed by atoms with E-state index in [4.69, 9.17) is 15.2 Å². The lowest BCUT2D eigenvalue weighted by Gasteiger charge is -2.20. The Hall–Kier alpha value is -2.24. The van der Waals surface area contributed by atoms with Gasteiger partial charge in [0.2, 0.25) is 0 Å². The molecule has 1 saturated carbocycles. The lowest BCUT2D eigenvalue weighted by molar-refractivity contribution is 0.199. The number of hydrazine groups is 1. The normalized spacial score (nSPS) is 14.7. The van der Waals surface area contributed by atoms with Crippen LogP contribution in [0.1, 0.15) is 36.8 Å². The molecule has 2 aromatic carbocycles. The molecule has 0 bridgehead atoms. The summed E-state index contributed by atoms with van der Waals surface area (Å²) in [5, 5.41) is 2.08. The summed E-state index contributed by atoms with van der Waals surface area (Å²) in [5.74, 6) is 1.65. The van der Waals surface area contributed by atoms with E-state index >= 15 is 0 Å².